The summed E-state index contributed by atoms with van der Waals surface area (Å²) in [6.07, 6.45) is 1.12. The molecule has 3 aromatic carbocycles. The number of amides is 1. The minimum atomic E-state index is -0.931. The van der Waals surface area contributed by atoms with Gasteiger partial charge in [-0.25, -0.2) is 0 Å². The van der Waals surface area contributed by atoms with Crippen LogP contribution >= 0.6 is 0 Å². The van der Waals surface area contributed by atoms with Crippen molar-refractivity contribution in [1.29, 1.82) is 0 Å². The Kier molecular flexibility index (Phi) is 11.2. The van der Waals surface area contributed by atoms with Gasteiger partial charge in [-0.05, 0) is 43.2 Å². The Morgan fingerprint density at radius 3 is 2.39 bits per heavy atom. The molecule has 0 fully saturated rings. The van der Waals surface area contributed by atoms with Crippen molar-refractivity contribution in [3.8, 4) is 17.2 Å². The average Bonchev–Trinajstić information content (AvgIpc) is 3.36. The number of aliphatic hydroxyl groups is 1. The van der Waals surface area contributed by atoms with E-state index in [9.17, 15) is 9.90 Å². The number of fused-ring (bicyclic) bond motifs is 3. The fraction of sp³-hybridized carbons (Fsp3) is 0.367. The number of hydrogen-bond donors (Lipinski definition) is 4. The Morgan fingerprint density at radius 1 is 0.854 bits per heavy atom. The molecule has 0 saturated heterocycles. The Balaban J connectivity index is 1.36. The zero-order valence-corrected chi connectivity index (χ0v) is 23.1. The third-order valence-electron chi connectivity index (χ3n) is 6.64. The lowest BCUT2D eigenvalue weighted by Gasteiger charge is -2.26. The van der Waals surface area contributed by atoms with Crippen molar-refractivity contribution in [2.24, 2.45) is 0 Å². The molecular formula is C30H37N3O8. The second-order valence-electron chi connectivity index (χ2n) is 9.55. The number of nitrogens with one attached hydrogen (secondary N) is 1. The SMILES string of the molecule is COc1ccccc1OCCN(CC(O)COc1cccc2[nH]c3ccccc3c12)C(=O)CCCCCON(O)O. The van der Waals surface area contributed by atoms with Crippen molar-refractivity contribution in [3.05, 3.63) is 66.7 Å². The van der Waals surface area contributed by atoms with Gasteiger partial charge in [-0.3, -0.25) is 20.0 Å². The third kappa shape index (κ3) is 8.56. The van der Waals surface area contributed by atoms with Gasteiger partial charge in [0.05, 0.1) is 37.7 Å². The summed E-state index contributed by atoms with van der Waals surface area (Å²) in [5, 5.41) is 29.8. The van der Waals surface area contributed by atoms with Crippen LogP contribution in [0.5, 0.6) is 17.2 Å². The number of ether oxygens (including phenoxy) is 3. The number of benzene rings is 3. The van der Waals surface area contributed by atoms with Gasteiger partial charge in [0.15, 0.2) is 11.5 Å². The van der Waals surface area contributed by atoms with Crippen LogP contribution in [0, 0.1) is 0 Å². The summed E-state index contributed by atoms with van der Waals surface area (Å²) in [6, 6.07) is 21.0. The number of para-hydroxylation sites is 3. The lowest BCUT2D eigenvalue weighted by atomic mass is 10.1. The van der Waals surface area contributed by atoms with Crippen LogP contribution < -0.4 is 14.2 Å². The maximum absolute atomic E-state index is 13.1. The van der Waals surface area contributed by atoms with Crippen LogP contribution in [-0.2, 0) is 9.63 Å². The van der Waals surface area contributed by atoms with Crippen LogP contribution in [-0.4, -0.2) is 82.8 Å². The molecule has 220 valence electrons. The van der Waals surface area contributed by atoms with Crippen molar-refractivity contribution >= 4 is 27.7 Å². The van der Waals surface area contributed by atoms with E-state index in [4.69, 9.17) is 24.6 Å². The van der Waals surface area contributed by atoms with E-state index in [-0.39, 0.29) is 50.6 Å². The number of H-pyrrole nitrogens is 1. The molecule has 4 N–H and O–H groups in total. The second-order valence-corrected chi connectivity index (χ2v) is 9.55. The number of carbonyl (C=O) groups is 1. The summed E-state index contributed by atoms with van der Waals surface area (Å²) in [5.74, 6) is 1.69. The highest BCUT2D eigenvalue weighted by molar-refractivity contribution is 6.10. The molecule has 1 amide bonds. The quantitative estimate of drug-likeness (QED) is 0.107. The largest absolute Gasteiger partial charge is 0.493 e. The summed E-state index contributed by atoms with van der Waals surface area (Å²) >= 11 is 0. The van der Waals surface area contributed by atoms with Gasteiger partial charge in [0.25, 0.3) is 0 Å². The van der Waals surface area contributed by atoms with E-state index in [2.05, 4.69) is 9.82 Å². The molecule has 1 atom stereocenters. The first-order valence-corrected chi connectivity index (χ1v) is 13.6. The number of aromatic amines is 1. The molecule has 41 heavy (non-hydrogen) atoms. The number of unbranched alkanes of at least 4 members (excludes halogenated alkanes) is 2. The molecule has 0 aliphatic carbocycles. The van der Waals surface area contributed by atoms with Crippen molar-refractivity contribution in [1.82, 2.24) is 15.3 Å². The van der Waals surface area contributed by atoms with Gasteiger partial charge in [0, 0.05) is 22.7 Å². The van der Waals surface area contributed by atoms with Crippen LogP contribution in [0.4, 0.5) is 0 Å². The molecule has 0 aliphatic heterocycles. The van der Waals surface area contributed by atoms with E-state index in [1.165, 1.54) is 0 Å². The highest BCUT2D eigenvalue weighted by Gasteiger charge is 2.19. The molecule has 1 heterocycles. The van der Waals surface area contributed by atoms with Crippen molar-refractivity contribution in [3.63, 3.8) is 0 Å². The number of nitrogens with zero attached hydrogens (tertiary/aromatic N) is 2. The first kappa shape index (κ1) is 30.1. The lowest BCUT2D eigenvalue weighted by molar-refractivity contribution is -0.492. The second kappa shape index (κ2) is 15.2. The van der Waals surface area contributed by atoms with Gasteiger partial charge in [-0.2, -0.15) is 0 Å². The lowest BCUT2D eigenvalue weighted by Crippen LogP contribution is -2.41. The summed E-state index contributed by atoms with van der Waals surface area (Å²) < 4.78 is 17.3. The summed E-state index contributed by atoms with van der Waals surface area (Å²) in [7, 11) is 1.56. The van der Waals surface area contributed by atoms with Gasteiger partial charge in [-0.1, -0.05) is 42.8 Å². The van der Waals surface area contributed by atoms with Crippen molar-refractivity contribution in [2.45, 2.75) is 31.8 Å². The summed E-state index contributed by atoms with van der Waals surface area (Å²) in [4.78, 5) is 22.6. The molecule has 0 bridgehead atoms. The molecule has 4 rings (SSSR count). The number of methoxy groups -OCH3 is 1. The van der Waals surface area contributed by atoms with Crippen LogP contribution in [0.3, 0.4) is 0 Å². The Morgan fingerprint density at radius 2 is 1.59 bits per heavy atom. The molecule has 0 saturated carbocycles. The van der Waals surface area contributed by atoms with Crippen molar-refractivity contribution < 1.29 is 39.4 Å². The number of aromatic nitrogens is 1. The van der Waals surface area contributed by atoms with E-state index in [1.54, 1.807) is 24.1 Å². The average molecular weight is 568 g/mol. The standard InChI is InChI=1S/C30H37N3O8/c1-38-26-13-6-7-14-27(26)39-19-17-32(29(35)16-3-2-8-18-41-33(36)37)20-22(34)21-40-28-15-9-12-25-30(28)23-10-4-5-11-24(23)31-25/h4-7,9-15,22,31,34,36-37H,2-3,8,16-21H2,1H3. The van der Waals surface area contributed by atoms with Gasteiger partial charge in [0.2, 0.25) is 5.91 Å². The zero-order chi connectivity index (χ0) is 29.0. The van der Waals surface area contributed by atoms with Crippen molar-refractivity contribution in [2.75, 3.05) is 40.0 Å². The highest BCUT2D eigenvalue weighted by Crippen LogP contribution is 2.33. The van der Waals surface area contributed by atoms with Gasteiger partial charge in [0.1, 0.15) is 25.1 Å². The minimum absolute atomic E-state index is 0.00588. The predicted molar refractivity (Wildman–Crippen MR) is 152 cm³/mol. The number of hydrogen-bond acceptors (Lipinski definition) is 9. The van der Waals surface area contributed by atoms with Crippen LogP contribution in [0.1, 0.15) is 25.7 Å². The van der Waals surface area contributed by atoms with Crippen LogP contribution in [0.2, 0.25) is 0 Å². The molecule has 0 spiro atoms. The van der Waals surface area contributed by atoms with Gasteiger partial charge < -0.3 is 29.2 Å². The van der Waals surface area contributed by atoms with E-state index >= 15 is 0 Å². The molecule has 1 unspecified atom stereocenters. The van der Waals surface area contributed by atoms with E-state index < -0.39 is 6.10 Å². The maximum Gasteiger partial charge on any atom is 0.222 e. The maximum atomic E-state index is 13.1. The first-order valence-electron chi connectivity index (χ1n) is 13.6. The summed E-state index contributed by atoms with van der Waals surface area (Å²) in [5.41, 5.74) is 1.95. The third-order valence-corrected chi connectivity index (χ3v) is 6.64. The first-order chi connectivity index (χ1) is 20.0. The van der Waals surface area contributed by atoms with Gasteiger partial charge >= 0.3 is 0 Å². The molecule has 11 heteroatoms. The molecule has 11 nitrogen and oxygen atoms in total. The van der Waals surface area contributed by atoms with Crippen LogP contribution in [0.15, 0.2) is 66.7 Å². The molecular weight excluding hydrogens is 530 g/mol. The predicted octanol–water partition coefficient (Wildman–Crippen LogP) is 4.55. The van der Waals surface area contributed by atoms with E-state index in [0.29, 0.717) is 36.5 Å². The van der Waals surface area contributed by atoms with Gasteiger partial charge in [-0.15, -0.1) is 0 Å². The topological polar surface area (TPSA) is 137 Å². The molecule has 0 aliphatic rings. The van der Waals surface area contributed by atoms with E-state index in [1.807, 2.05) is 54.6 Å². The normalized spacial score (nSPS) is 12.1. The minimum Gasteiger partial charge on any atom is -0.493 e. The Labute approximate surface area is 238 Å². The monoisotopic (exact) mass is 567 g/mol. The Hall–Kier alpha value is -3.87. The molecule has 0 radical (unpaired) electrons. The smallest absolute Gasteiger partial charge is 0.222 e. The van der Waals surface area contributed by atoms with E-state index in [0.717, 1.165) is 21.8 Å². The molecule has 4 aromatic rings. The summed E-state index contributed by atoms with van der Waals surface area (Å²) in [6.45, 7) is 0.679. The number of aliphatic hydroxyl groups excluding tert-OH is 1. The highest BCUT2D eigenvalue weighted by atomic mass is 17.1. The fourth-order valence-corrected chi connectivity index (χ4v) is 4.66. The fourth-order valence-electron chi connectivity index (χ4n) is 4.66. The number of carbonyl (C=O) groups excluding carboxylic acids is 1. The van der Waals surface area contributed by atoms with Crippen LogP contribution in [0.25, 0.3) is 21.8 Å². The number of rotatable bonds is 17. The molecule has 1 aromatic heterocycles. The Bertz CT molecular complexity index is 1390. The zero-order valence-electron chi connectivity index (χ0n) is 23.1.